The lowest BCUT2D eigenvalue weighted by Gasteiger charge is -2.18. The summed E-state index contributed by atoms with van der Waals surface area (Å²) in [5, 5.41) is 0. The molecule has 5 nitrogen and oxygen atoms in total. The van der Waals surface area contributed by atoms with Gasteiger partial charge in [-0.05, 0) is 0 Å². The van der Waals surface area contributed by atoms with E-state index in [0.29, 0.717) is 4.90 Å². The molecule has 14 heavy (non-hydrogen) atoms. The summed E-state index contributed by atoms with van der Waals surface area (Å²) in [5.41, 5.74) is 4.81. The topological polar surface area (TPSA) is 75.8 Å². The minimum absolute atomic E-state index is 0.239. The third-order valence-electron chi connectivity index (χ3n) is 1.24. The number of halogens is 3. The molecule has 0 aromatic rings. The maximum Gasteiger partial charge on any atom is 0.471 e. The lowest BCUT2D eigenvalue weighted by atomic mass is 10.5. The number of likely N-dealkylation sites (N-methyl/N-ethyl adjacent to an activating group) is 1. The van der Waals surface area contributed by atoms with Gasteiger partial charge in [-0.25, -0.2) is 0 Å². The Bertz CT molecular complexity index is 199. The van der Waals surface area contributed by atoms with Crippen molar-refractivity contribution >= 4 is 14.4 Å². The maximum atomic E-state index is 11.8. The van der Waals surface area contributed by atoms with Gasteiger partial charge in [0.2, 0.25) is 8.53 Å². The molecule has 0 rings (SSSR count). The summed E-state index contributed by atoms with van der Waals surface area (Å²) in [6, 6.07) is 0. The van der Waals surface area contributed by atoms with Gasteiger partial charge in [-0.3, -0.25) is 10.3 Å². The highest BCUT2D eigenvalue weighted by molar-refractivity contribution is 7.43. The average Bonchev–Trinajstić information content (AvgIpc) is 2.00. The van der Waals surface area contributed by atoms with E-state index in [1.165, 1.54) is 0 Å². The molecule has 0 aromatic heterocycles. The summed E-state index contributed by atoms with van der Waals surface area (Å²) < 4.78 is 39.8. The van der Waals surface area contributed by atoms with Gasteiger partial charge in [-0.1, -0.05) is 0 Å². The molecule has 3 N–H and O–H groups in total. The number of amides is 1. The number of carbonyl (C=O) groups is 1. The zero-order valence-corrected chi connectivity index (χ0v) is 8.18. The number of alkyl halides is 3. The van der Waals surface area contributed by atoms with Crippen LogP contribution in [-0.4, -0.2) is 42.1 Å². The maximum absolute atomic E-state index is 11.8. The van der Waals surface area contributed by atoms with Crippen molar-refractivity contribution in [3.05, 3.63) is 0 Å². The number of rotatable bonds is 4. The van der Waals surface area contributed by atoms with Crippen molar-refractivity contribution < 1.29 is 27.4 Å². The molecule has 1 atom stereocenters. The van der Waals surface area contributed by atoms with Gasteiger partial charge in [0.1, 0.15) is 0 Å². The fraction of sp³-hybridized carbons (Fsp3) is 0.800. The average molecular weight is 234 g/mol. The van der Waals surface area contributed by atoms with E-state index in [1.54, 1.807) is 0 Å². The molecule has 0 fully saturated rings. The molecule has 0 saturated heterocycles. The van der Waals surface area contributed by atoms with Crippen LogP contribution in [0.1, 0.15) is 0 Å². The second-order valence-corrected chi connectivity index (χ2v) is 3.22. The minimum Gasteiger partial charge on any atom is -0.338 e. The molecule has 0 heterocycles. The Morgan fingerprint density at radius 3 is 2.50 bits per heavy atom. The van der Waals surface area contributed by atoms with Crippen molar-refractivity contribution in [2.24, 2.45) is 5.50 Å². The van der Waals surface area contributed by atoms with Crippen LogP contribution in [0.4, 0.5) is 13.2 Å². The Kier molecular flexibility index (Phi) is 5.28. The van der Waals surface area contributed by atoms with E-state index in [1.807, 2.05) is 0 Å². The summed E-state index contributed by atoms with van der Waals surface area (Å²) in [6.45, 7) is -0.522. The minimum atomic E-state index is -4.89. The lowest BCUT2D eigenvalue weighted by molar-refractivity contribution is -0.184. The van der Waals surface area contributed by atoms with Crippen LogP contribution in [0.25, 0.3) is 0 Å². The number of nitrogens with two attached hydrogens (primary N) is 1. The fourth-order valence-electron chi connectivity index (χ4n) is 0.589. The highest BCUT2D eigenvalue weighted by Gasteiger charge is 2.40. The first kappa shape index (κ1) is 13.6. The third kappa shape index (κ3) is 5.33. The Balaban J connectivity index is 3.86. The van der Waals surface area contributed by atoms with E-state index in [9.17, 15) is 18.0 Å². The first-order valence-corrected chi connectivity index (χ1v) is 4.72. The number of nitrogens with zero attached hydrogens (tertiary/aromatic N) is 1. The van der Waals surface area contributed by atoms with Crippen molar-refractivity contribution in [1.82, 2.24) is 4.90 Å². The molecular weight excluding hydrogens is 224 g/mol. The molecule has 9 heteroatoms. The number of hydrogen-bond acceptors (Lipinski definition) is 4. The standard InChI is InChI=1S/C5H10F3N2O3P/c1-10(2-3-13-14(9)12)4(11)5(6,7)8/h12H,2-3,9H2,1H3. The van der Waals surface area contributed by atoms with Crippen LogP contribution in [0.5, 0.6) is 0 Å². The monoisotopic (exact) mass is 234 g/mol. The van der Waals surface area contributed by atoms with Crippen molar-refractivity contribution in [3.8, 4) is 0 Å². The Morgan fingerprint density at radius 1 is 1.64 bits per heavy atom. The molecule has 84 valence electrons. The van der Waals surface area contributed by atoms with Gasteiger partial charge in [0.25, 0.3) is 0 Å². The SMILES string of the molecule is CN(CCOP(N)O)C(=O)C(F)(F)F. The largest absolute Gasteiger partial charge is 0.471 e. The van der Waals surface area contributed by atoms with Gasteiger partial charge >= 0.3 is 12.1 Å². The van der Waals surface area contributed by atoms with Gasteiger partial charge in [-0.15, -0.1) is 0 Å². The van der Waals surface area contributed by atoms with Crippen LogP contribution in [0.2, 0.25) is 0 Å². The molecule has 0 spiro atoms. The second kappa shape index (κ2) is 5.45. The third-order valence-corrected chi connectivity index (χ3v) is 1.69. The van der Waals surface area contributed by atoms with E-state index in [4.69, 9.17) is 10.4 Å². The first-order valence-electron chi connectivity index (χ1n) is 3.44. The first-order chi connectivity index (χ1) is 6.25. The molecule has 0 aliphatic rings. The number of hydrogen-bond donors (Lipinski definition) is 2. The molecule has 0 aromatic carbocycles. The van der Waals surface area contributed by atoms with Crippen LogP contribution in [0.3, 0.4) is 0 Å². The Hall–Kier alpha value is -0.430. The summed E-state index contributed by atoms with van der Waals surface area (Å²) in [7, 11) is -1.12. The molecule has 0 radical (unpaired) electrons. The molecular formula is C5H10F3N2O3P. The molecule has 0 saturated carbocycles. The van der Waals surface area contributed by atoms with Crippen LogP contribution >= 0.6 is 8.53 Å². The summed E-state index contributed by atoms with van der Waals surface area (Å²) in [6.07, 6.45) is -4.89. The Morgan fingerprint density at radius 2 is 2.14 bits per heavy atom. The summed E-state index contributed by atoms with van der Waals surface area (Å²) in [5.74, 6) is -1.96. The van der Waals surface area contributed by atoms with E-state index < -0.39 is 20.6 Å². The van der Waals surface area contributed by atoms with Gasteiger partial charge in [0, 0.05) is 13.6 Å². The number of carbonyl (C=O) groups excluding carboxylic acids is 1. The van der Waals surface area contributed by atoms with Crippen LogP contribution in [-0.2, 0) is 9.32 Å². The van der Waals surface area contributed by atoms with Gasteiger partial charge in [0.05, 0.1) is 6.61 Å². The van der Waals surface area contributed by atoms with Gasteiger partial charge < -0.3 is 14.3 Å². The van der Waals surface area contributed by atoms with E-state index in [0.717, 1.165) is 7.05 Å². The fourth-order valence-corrected chi connectivity index (χ4v) is 0.858. The molecule has 0 aliphatic carbocycles. The zero-order chi connectivity index (χ0) is 11.4. The summed E-state index contributed by atoms with van der Waals surface area (Å²) >= 11 is 0. The normalized spacial score (nSPS) is 13.9. The smallest absolute Gasteiger partial charge is 0.338 e. The van der Waals surface area contributed by atoms with Crippen LogP contribution in [0.15, 0.2) is 0 Å². The van der Waals surface area contributed by atoms with Gasteiger partial charge in [-0.2, -0.15) is 13.2 Å². The molecule has 0 bridgehead atoms. The quantitative estimate of drug-likeness (QED) is 0.681. The predicted molar refractivity (Wildman–Crippen MR) is 43.0 cm³/mol. The highest BCUT2D eigenvalue weighted by Crippen LogP contribution is 2.20. The van der Waals surface area contributed by atoms with Crippen LogP contribution < -0.4 is 5.50 Å². The van der Waals surface area contributed by atoms with Crippen molar-refractivity contribution in [1.29, 1.82) is 0 Å². The molecule has 1 amide bonds. The van der Waals surface area contributed by atoms with Crippen molar-refractivity contribution in [2.75, 3.05) is 20.2 Å². The lowest BCUT2D eigenvalue weighted by Crippen LogP contribution is -2.40. The Labute approximate surface area is 79.6 Å². The van der Waals surface area contributed by atoms with E-state index >= 15 is 0 Å². The molecule has 0 aliphatic heterocycles. The van der Waals surface area contributed by atoms with Crippen LogP contribution in [0, 0.1) is 0 Å². The van der Waals surface area contributed by atoms with E-state index in [2.05, 4.69) is 4.52 Å². The predicted octanol–water partition coefficient (Wildman–Crippen LogP) is 0.202. The second-order valence-electron chi connectivity index (χ2n) is 2.36. The van der Waals surface area contributed by atoms with E-state index in [-0.39, 0.29) is 13.2 Å². The van der Waals surface area contributed by atoms with Gasteiger partial charge in [0.15, 0.2) is 0 Å². The van der Waals surface area contributed by atoms with Crippen molar-refractivity contribution in [2.45, 2.75) is 6.18 Å². The molecule has 1 unspecified atom stereocenters. The highest BCUT2D eigenvalue weighted by atomic mass is 31.2. The zero-order valence-electron chi connectivity index (χ0n) is 7.28. The van der Waals surface area contributed by atoms with Crippen molar-refractivity contribution in [3.63, 3.8) is 0 Å². The summed E-state index contributed by atoms with van der Waals surface area (Å²) in [4.78, 5) is 19.4.